The molecule has 0 bridgehead atoms. The minimum absolute atomic E-state index is 0.997. The average molecular weight is 651 g/mol. The number of aryl methyl sites for hydroxylation is 4. The smallest absolute Gasteiger partial charge is 0.0868 e. The Morgan fingerprint density at radius 2 is 1.05 bits per heavy atom. The van der Waals surface area contributed by atoms with Crippen LogP contribution in [-0.2, 0) is 25.7 Å². The van der Waals surface area contributed by atoms with Gasteiger partial charge in [0, 0.05) is 55.6 Å². The molecule has 4 aromatic rings. The van der Waals surface area contributed by atoms with Crippen LogP contribution in [0.3, 0.4) is 0 Å². The zero-order valence-electron chi connectivity index (χ0n) is 23.2. The lowest BCUT2D eigenvalue weighted by atomic mass is 9.92. The fraction of sp³-hybridized carbons (Fsp3) is 0.455. The summed E-state index contributed by atoms with van der Waals surface area (Å²) in [5.74, 6) is 0. The van der Waals surface area contributed by atoms with Gasteiger partial charge in [0.1, 0.15) is 0 Å². The van der Waals surface area contributed by atoms with Crippen molar-refractivity contribution < 1.29 is 0 Å². The maximum absolute atomic E-state index is 5.07. The van der Waals surface area contributed by atoms with Crippen LogP contribution in [0.1, 0.15) is 78.6 Å². The van der Waals surface area contributed by atoms with Gasteiger partial charge in [0.25, 0.3) is 0 Å². The normalized spacial score (nSPS) is 14.9. The molecule has 2 N–H and O–H groups in total. The third-order valence-corrected chi connectivity index (χ3v) is 9.59. The molecule has 4 nitrogen and oxygen atoms in total. The Labute approximate surface area is 249 Å². The van der Waals surface area contributed by atoms with E-state index in [0.717, 1.165) is 71.6 Å². The van der Waals surface area contributed by atoms with Gasteiger partial charge in [-0.1, -0.05) is 0 Å². The summed E-state index contributed by atoms with van der Waals surface area (Å²) in [5.41, 5.74) is 12.9. The summed E-state index contributed by atoms with van der Waals surface area (Å²) in [6, 6.07) is 8.97. The third-order valence-electron chi connectivity index (χ3n) is 8.39. The van der Waals surface area contributed by atoms with E-state index >= 15 is 0 Å². The zero-order valence-corrected chi connectivity index (χ0v) is 26.3. The minimum Gasteiger partial charge on any atom is -0.384 e. The number of benzene rings is 2. The molecule has 0 spiro atoms. The fourth-order valence-electron chi connectivity index (χ4n) is 6.49. The molecular weight excluding hydrogens is 612 g/mol. The molecule has 0 saturated carbocycles. The number of aromatic nitrogens is 2. The summed E-state index contributed by atoms with van der Waals surface area (Å²) < 4.78 is 2.21. The van der Waals surface area contributed by atoms with Gasteiger partial charge in [0.15, 0.2) is 0 Å². The van der Waals surface area contributed by atoms with Gasteiger partial charge in [0.05, 0.1) is 11.0 Å². The molecule has 0 saturated heterocycles. The van der Waals surface area contributed by atoms with Crippen molar-refractivity contribution in [3.05, 3.63) is 66.9 Å². The van der Waals surface area contributed by atoms with E-state index in [1.54, 1.807) is 0 Å². The van der Waals surface area contributed by atoms with Gasteiger partial charge in [0.2, 0.25) is 0 Å². The average Bonchev–Trinajstić information content (AvgIpc) is 2.92. The molecule has 39 heavy (non-hydrogen) atoms. The van der Waals surface area contributed by atoms with Gasteiger partial charge in [-0.3, -0.25) is 9.97 Å². The van der Waals surface area contributed by atoms with E-state index in [2.05, 4.69) is 80.6 Å². The Morgan fingerprint density at radius 3 is 1.51 bits per heavy atom. The Morgan fingerprint density at radius 1 is 0.615 bits per heavy atom. The van der Waals surface area contributed by atoms with Crippen molar-refractivity contribution in [1.82, 2.24) is 9.97 Å². The number of halogens is 2. The second kappa shape index (κ2) is 11.7. The Bertz CT molecular complexity index is 1430. The van der Waals surface area contributed by atoms with Crippen LogP contribution in [-0.4, -0.2) is 23.1 Å². The highest BCUT2D eigenvalue weighted by atomic mass is 79.9. The van der Waals surface area contributed by atoms with Crippen LogP contribution >= 0.6 is 31.9 Å². The van der Waals surface area contributed by atoms with Gasteiger partial charge < -0.3 is 10.6 Å². The van der Waals surface area contributed by atoms with Crippen LogP contribution in [0.2, 0.25) is 0 Å². The molecule has 6 heteroatoms. The van der Waals surface area contributed by atoms with Crippen molar-refractivity contribution >= 4 is 65.0 Å². The largest absolute Gasteiger partial charge is 0.384 e. The molecule has 0 amide bonds. The van der Waals surface area contributed by atoms with E-state index < -0.39 is 0 Å². The molecule has 0 atom stereocenters. The Balaban J connectivity index is 1.12. The molecule has 0 radical (unpaired) electrons. The summed E-state index contributed by atoms with van der Waals surface area (Å²) in [5, 5.41) is 10.3. The lowest BCUT2D eigenvalue weighted by Crippen LogP contribution is -2.13. The quantitative estimate of drug-likeness (QED) is 0.187. The first kappa shape index (κ1) is 27.0. The second-order valence-corrected chi connectivity index (χ2v) is 13.1. The van der Waals surface area contributed by atoms with Crippen molar-refractivity contribution in [2.24, 2.45) is 0 Å². The number of nitrogens with zero attached hydrogens (tertiary/aromatic N) is 2. The van der Waals surface area contributed by atoms with Gasteiger partial charge in [-0.25, -0.2) is 0 Å². The van der Waals surface area contributed by atoms with Gasteiger partial charge in [-0.2, -0.15) is 0 Å². The summed E-state index contributed by atoms with van der Waals surface area (Å²) in [6.07, 6.45) is 13.0. The molecule has 6 rings (SSSR count). The molecule has 2 aromatic heterocycles. The number of hydrogen-bond donors (Lipinski definition) is 2. The lowest BCUT2D eigenvalue weighted by molar-refractivity contribution is 0.669. The number of anilines is 2. The van der Waals surface area contributed by atoms with E-state index in [1.165, 1.54) is 87.9 Å². The van der Waals surface area contributed by atoms with Crippen molar-refractivity contribution in [2.75, 3.05) is 23.7 Å². The maximum atomic E-state index is 5.07. The van der Waals surface area contributed by atoms with Crippen molar-refractivity contribution in [3.63, 3.8) is 0 Å². The number of rotatable bonds is 8. The predicted octanol–water partition coefficient (Wildman–Crippen LogP) is 9.38. The van der Waals surface area contributed by atoms with Crippen LogP contribution in [0.25, 0.3) is 21.8 Å². The van der Waals surface area contributed by atoms with Crippen molar-refractivity contribution in [3.8, 4) is 0 Å². The summed E-state index contributed by atoms with van der Waals surface area (Å²) >= 11 is 7.56. The van der Waals surface area contributed by atoms with Crippen LogP contribution in [0.15, 0.2) is 33.2 Å². The molecule has 2 aromatic carbocycles. The number of pyridine rings is 2. The van der Waals surface area contributed by atoms with Gasteiger partial charge >= 0.3 is 0 Å². The maximum Gasteiger partial charge on any atom is 0.0868 e. The van der Waals surface area contributed by atoms with Crippen LogP contribution in [0.4, 0.5) is 11.4 Å². The van der Waals surface area contributed by atoms with E-state index in [0.29, 0.717) is 0 Å². The lowest BCUT2D eigenvalue weighted by Gasteiger charge is -2.23. The second-order valence-electron chi connectivity index (χ2n) is 11.4. The standard InChI is InChI=1S/C33H38Br2N4/c1-20-16-24-30(22-10-4-6-12-28(22)38-32(24)26(34)18-20)36-14-8-3-9-15-37-31-23-11-5-7-13-29(23)39-33-25(31)17-21(2)19-27(33)35/h16-19H,3-15H2,1-2H3,(H,36,38)(H,37,39). The molecular formula is C33H38Br2N4. The number of unbranched alkanes of at least 4 members (excludes halogenated alkanes) is 2. The molecule has 2 aliphatic rings. The monoisotopic (exact) mass is 648 g/mol. The topological polar surface area (TPSA) is 49.8 Å². The minimum atomic E-state index is 0.997. The van der Waals surface area contributed by atoms with Crippen LogP contribution in [0.5, 0.6) is 0 Å². The van der Waals surface area contributed by atoms with E-state index in [9.17, 15) is 0 Å². The predicted molar refractivity (Wildman–Crippen MR) is 172 cm³/mol. The molecule has 2 aliphatic carbocycles. The summed E-state index contributed by atoms with van der Waals surface area (Å²) in [7, 11) is 0. The number of hydrogen-bond acceptors (Lipinski definition) is 4. The first-order chi connectivity index (χ1) is 19.0. The zero-order chi connectivity index (χ0) is 26.9. The molecule has 0 fully saturated rings. The van der Waals surface area contributed by atoms with Crippen molar-refractivity contribution in [1.29, 1.82) is 0 Å². The van der Waals surface area contributed by atoms with E-state index in [4.69, 9.17) is 9.97 Å². The first-order valence-corrected chi connectivity index (χ1v) is 16.3. The van der Waals surface area contributed by atoms with Crippen molar-refractivity contribution in [2.45, 2.75) is 84.5 Å². The van der Waals surface area contributed by atoms with Gasteiger partial charge in [-0.05, 0) is 163 Å². The Hall–Kier alpha value is -2.18. The highest BCUT2D eigenvalue weighted by Gasteiger charge is 2.21. The SMILES string of the molecule is Cc1cc(Br)c2nc3c(c(NCCCCCNc4c5c(nc6c(Br)cc(C)cc46)CCCC5)c2c1)CCCC3. The van der Waals surface area contributed by atoms with Crippen LogP contribution < -0.4 is 10.6 Å². The van der Waals surface area contributed by atoms with Crippen LogP contribution in [0, 0.1) is 13.8 Å². The summed E-state index contributed by atoms with van der Waals surface area (Å²) in [6.45, 7) is 6.33. The van der Waals surface area contributed by atoms with Gasteiger partial charge in [-0.15, -0.1) is 0 Å². The number of nitrogens with one attached hydrogen (secondary N) is 2. The molecule has 0 aliphatic heterocycles. The molecule has 204 valence electrons. The fourth-order valence-corrected chi connectivity index (χ4v) is 7.82. The highest BCUT2D eigenvalue weighted by Crippen LogP contribution is 2.38. The number of fused-ring (bicyclic) bond motifs is 4. The van der Waals surface area contributed by atoms with E-state index in [-0.39, 0.29) is 0 Å². The highest BCUT2D eigenvalue weighted by molar-refractivity contribution is 9.11. The first-order valence-electron chi connectivity index (χ1n) is 14.7. The van der Waals surface area contributed by atoms with E-state index in [1.807, 2.05) is 0 Å². The Kier molecular flexibility index (Phi) is 8.13. The third kappa shape index (κ3) is 5.56. The molecule has 0 unspecified atom stereocenters. The molecule has 2 heterocycles. The summed E-state index contributed by atoms with van der Waals surface area (Å²) in [4.78, 5) is 10.1.